The second-order valence-corrected chi connectivity index (χ2v) is 8.54. The molecular formula is C25H26N4O2S. The van der Waals surface area contributed by atoms with Gasteiger partial charge in [0.15, 0.2) is 0 Å². The summed E-state index contributed by atoms with van der Waals surface area (Å²) in [5, 5.41) is 8.83. The summed E-state index contributed by atoms with van der Waals surface area (Å²) in [6, 6.07) is 18.1. The van der Waals surface area contributed by atoms with Crippen LogP contribution in [0.15, 0.2) is 71.1 Å². The third kappa shape index (κ3) is 5.23. The Morgan fingerprint density at radius 3 is 2.62 bits per heavy atom. The molecule has 2 aromatic heterocycles. The highest BCUT2D eigenvalue weighted by atomic mass is 32.1. The number of anilines is 1. The van der Waals surface area contributed by atoms with Crippen molar-refractivity contribution < 1.29 is 4.79 Å². The van der Waals surface area contributed by atoms with E-state index in [-0.39, 0.29) is 17.9 Å². The molecular weight excluding hydrogens is 420 g/mol. The number of hydrogen-bond acceptors (Lipinski definition) is 5. The largest absolute Gasteiger partial charge is 0.385 e. The minimum Gasteiger partial charge on any atom is -0.385 e. The van der Waals surface area contributed by atoms with Gasteiger partial charge in [-0.25, -0.2) is 4.98 Å². The molecule has 2 heterocycles. The van der Waals surface area contributed by atoms with Crippen molar-refractivity contribution in [3.05, 3.63) is 82.2 Å². The van der Waals surface area contributed by atoms with E-state index in [4.69, 9.17) is 0 Å². The number of amides is 1. The Balaban J connectivity index is 1.32. The molecule has 0 saturated carbocycles. The summed E-state index contributed by atoms with van der Waals surface area (Å²) in [4.78, 5) is 30.5. The molecule has 2 N–H and O–H groups in total. The third-order valence-corrected chi connectivity index (χ3v) is 6.17. The van der Waals surface area contributed by atoms with Gasteiger partial charge in [-0.1, -0.05) is 48.0 Å². The van der Waals surface area contributed by atoms with E-state index in [1.807, 2.05) is 66.9 Å². The predicted molar refractivity (Wildman–Crippen MR) is 131 cm³/mol. The fraction of sp³-hybridized carbons (Fsp3) is 0.240. The molecule has 0 aliphatic heterocycles. The van der Waals surface area contributed by atoms with Crippen molar-refractivity contribution in [1.82, 2.24) is 14.9 Å². The average molecular weight is 447 g/mol. The first-order chi connectivity index (χ1) is 15.6. The summed E-state index contributed by atoms with van der Waals surface area (Å²) in [6.07, 6.45) is 2.60. The van der Waals surface area contributed by atoms with Gasteiger partial charge in [-0.15, -0.1) is 11.3 Å². The van der Waals surface area contributed by atoms with Gasteiger partial charge >= 0.3 is 0 Å². The number of nitrogens with one attached hydrogen (secondary N) is 2. The highest BCUT2D eigenvalue weighted by Crippen LogP contribution is 2.30. The Morgan fingerprint density at radius 1 is 1.06 bits per heavy atom. The SMILES string of the molecule is Cc1ccc(-c2csc3ncn(CCC(=O)NCCCNc4ccccc4)c(=O)c23)cc1. The van der Waals surface area contributed by atoms with Crippen molar-refractivity contribution in [2.24, 2.45) is 0 Å². The molecule has 1 amide bonds. The lowest BCUT2D eigenvalue weighted by Gasteiger charge is -2.09. The van der Waals surface area contributed by atoms with Gasteiger partial charge in [0.05, 0.1) is 11.7 Å². The Kier molecular flexibility index (Phi) is 6.97. The first kappa shape index (κ1) is 21.8. The van der Waals surface area contributed by atoms with Crippen LogP contribution in [0.4, 0.5) is 5.69 Å². The first-order valence-electron chi connectivity index (χ1n) is 10.7. The van der Waals surface area contributed by atoms with Crippen LogP contribution in [-0.2, 0) is 11.3 Å². The molecule has 0 bridgehead atoms. The van der Waals surface area contributed by atoms with E-state index in [1.54, 1.807) is 0 Å². The summed E-state index contributed by atoms with van der Waals surface area (Å²) in [5.41, 5.74) is 4.03. The molecule has 0 radical (unpaired) electrons. The van der Waals surface area contributed by atoms with Gasteiger partial charge in [-0.3, -0.25) is 14.2 Å². The minimum absolute atomic E-state index is 0.0687. The molecule has 164 valence electrons. The zero-order chi connectivity index (χ0) is 22.3. The van der Waals surface area contributed by atoms with Crippen molar-refractivity contribution in [2.45, 2.75) is 26.3 Å². The number of carbonyl (C=O) groups excluding carboxylic acids is 1. The molecule has 0 unspecified atom stereocenters. The van der Waals surface area contributed by atoms with Crippen LogP contribution < -0.4 is 16.2 Å². The van der Waals surface area contributed by atoms with E-state index >= 15 is 0 Å². The molecule has 4 aromatic rings. The van der Waals surface area contributed by atoms with Crippen LogP contribution in [0.5, 0.6) is 0 Å². The molecule has 6 nitrogen and oxygen atoms in total. The fourth-order valence-corrected chi connectivity index (χ4v) is 4.39. The number of para-hydroxylation sites is 1. The Morgan fingerprint density at radius 2 is 1.84 bits per heavy atom. The minimum atomic E-state index is -0.105. The quantitative estimate of drug-likeness (QED) is 0.373. The molecule has 0 fully saturated rings. The molecule has 0 aliphatic rings. The smallest absolute Gasteiger partial charge is 0.262 e. The lowest BCUT2D eigenvalue weighted by atomic mass is 10.1. The van der Waals surface area contributed by atoms with Crippen LogP contribution >= 0.6 is 11.3 Å². The second-order valence-electron chi connectivity index (χ2n) is 7.68. The van der Waals surface area contributed by atoms with Gasteiger partial charge in [0.1, 0.15) is 4.83 Å². The zero-order valence-electron chi connectivity index (χ0n) is 18.0. The molecule has 0 aliphatic carbocycles. The van der Waals surface area contributed by atoms with Gasteiger partial charge in [0.2, 0.25) is 5.91 Å². The summed E-state index contributed by atoms with van der Waals surface area (Å²) in [6.45, 7) is 3.71. The topological polar surface area (TPSA) is 76.0 Å². The lowest BCUT2D eigenvalue weighted by Crippen LogP contribution is -2.29. The lowest BCUT2D eigenvalue weighted by molar-refractivity contribution is -0.121. The Bertz CT molecular complexity index is 1250. The van der Waals surface area contributed by atoms with Crippen molar-refractivity contribution >= 4 is 33.1 Å². The molecule has 0 saturated heterocycles. The summed E-state index contributed by atoms with van der Waals surface area (Å²) in [5.74, 6) is -0.0687. The predicted octanol–water partition coefficient (Wildman–Crippen LogP) is 4.44. The van der Waals surface area contributed by atoms with Crippen LogP contribution in [0.2, 0.25) is 0 Å². The van der Waals surface area contributed by atoms with Gasteiger partial charge in [-0.05, 0) is 31.0 Å². The van der Waals surface area contributed by atoms with Gasteiger partial charge in [0, 0.05) is 42.7 Å². The summed E-state index contributed by atoms with van der Waals surface area (Å²) in [7, 11) is 0. The van der Waals surface area contributed by atoms with E-state index in [2.05, 4.69) is 15.6 Å². The second kappa shape index (κ2) is 10.2. The van der Waals surface area contributed by atoms with E-state index in [0.717, 1.165) is 34.6 Å². The number of carbonyl (C=O) groups is 1. The number of hydrogen-bond donors (Lipinski definition) is 2. The van der Waals surface area contributed by atoms with Gasteiger partial charge < -0.3 is 10.6 Å². The summed E-state index contributed by atoms with van der Waals surface area (Å²) < 4.78 is 1.53. The highest BCUT2D eigenvalue weighted by molar-refractivity contribution is 7.17. The van der Waals surface area contributed by atoms with Gasteiger partial charge in [-0.2, -0.15) is 0 Å². The maximum Gasteiger partial charge on any atom is 0.262 e. The zero-order valence-corrected chi connectivity index (χ0v) is 18.8. The number of aryl methyl sites for hydroxylation is 2. The number of benzene rings is 2. The van der Waals surface area contributed by atoms with Crippen LogP contribution in [0.3, 0.4) is 0 Å². The Hall–Kier alpha value is -3.45. The normalized spacial score (nSPS) is 10.9. The van der Waals surface area contributed by atoms with E-state index in [1.165, 1.54) is 27.8 Å². The van der Waals surface area contributed by atoms with Crippen molar-refractivity contribution in [3.63, 3.8) is 0 Å². The average Bonchev–Trinajstić information content (AvgIpc) is 3.24. The molecule has 2 aromatic carbocycles. The van der Waals surface area contributed by atoms with Crippen molar-refractivity contribution in [2.75, 3.05) is 18.4 Å². The van der Waals surface area contributed by atoms with Crippen LogP contribution in [0.1, 0.15) is 18.4 Å². The molecule has 32 heavy (non-hydrogen) atoms. The molecule has 7 heteroatoms. The van der Waals surface area contributed by atoms with E-state index in [0.29, 0.717) is 18.5 Å². The van der Waals surface area contributed by atoms with Crippen LogP contribution in [-0.4, -0.2) is 28.5 Å². The van der Waals surface area contributed by atoms with Crippen molar-refractivity contribution in [3.8, 4) is 11.1 Å². The monoisotopic (exact) mass is 446 g/mol. The molecule has 0 spiro atoms. The highest BCUT2D eigenvalue weighted by Gasteiger charge is 2.14. The molecule has 0 atom stereocenters. The number of rotatable bonds is 9. The number of fused-ring (bicyclic) bond motifs is 1. The maximum atomic E-state index is 13.1. The third-order valence-electron chi connectivity index (χ3n) is 5.28. The number of aromatic nitrogens is 2. The first-order valence-corrected chi connectivity index (χ1v) is 11.6. The van der Waals surface area contributed by atoms with Crippen LogP contribution in [0.25, 0.3) is 21.3 Å². The maximum absolute atomic E-state index is 13.1. The standard InChI is InChI=1S/C25H26N4O2S/c1-18-8-10-19(11-9-18)21-16-32-24-23(21)25(31)29(17-28-24)15-12-22(30)27-14-5-13-26-20-6-3-2-4-7-20/h2-4,6-11,16-17,26H,5,12-15H2,1H3,(H,27,30). The van der Waals surface area contributed by atoms with E-state index < -0.39 is 0 Å². The molecule has 4 rings (SSSR count). The fourth-order valence-electron chi connectivity index (χ4n) is 3.49. The van der Waals surface area contributed by atoms with Crippen molar-refractivity contribution in [1.29, 1.82) is 0 Å². The number of thiophene rings is 1. The summed E-state index contributed by atoms with van der Waals surface area (Å²) >= 11 is 1.46. The van der Waals surface area contributed by atoms with E-state index in [9.17, 15) is 9.59 Å². The van der Waals surface area contributed by atoms with Gasteiger partial charge in [0.25, 0.3) is 5.56 Å². The number of nitrogens with zero attached hydrogens (tertiary/aromatic N) is 2. The van der Waals surface area contributed by atoms with Crippen LogP contribution in [0, 0.1) is 6.92 Å². The Labute approximate surface area is 190 Å².